The molecule has 1 fully saturated rings. The van der Waals surface area contributed by atoms with Gasteiger partial charge in [-0.3, -0.25) is 19.4 Å². The number of ether oxygens (including phenoxy) is 1. The fourth-order valence-electron chi connectivity index (χ4n) is 5.04. The van der Waals surface area contributed by atoms with Crippen molar-refractivity contribution >= 4 is 45.1 Å². The first-order valence-electron chi connectivity index (χ1n) is 12.3. The van der Waals surface area contributed by atoms with Crippen LogP contribution in [0.4, 0.5) is 5.69 Å². The van der Waals surface area contributed by atoms with Gasteiger partial charge >= 0.3 is 0 Å². The molecular weight excluding hydrogens is 564 g/mol. The highest BCUT2D eigenvalue weighted by Crippen LogP contribution is 2.36. The summed E-state index contributed by atoms with van der Waals surface area (Å²) in [7, 11) is 1.60. The Hall–Kier alpha value is -4.38. The molecule has 3 aromatic rings. The number of imide groups is 1. The fraction of sp³-hybridized carbons (Fsp3) is 0.214. The molecule has 3 heterocycles. The van der Waals surface area contributed by atoms with Crippen molar-refractivity contribution in [1.29, 1.82) is 0 Å². The zero-order valence-corrected chi connectivity index (χ0v) is 22.4. The normalized spacial score (nSPS) is 21.9. The highest BCUT2D eigenvalue weighted by Gasteiger charge is 2.55. The molecule has 0 aromatic heterocycles. The minimum atomic E-state index is -0.992. The molecule has 196 valence electrons. The van der Waals surface area contributed by atoms with Crippen LogP contribution in [0.15, 0.2) is 98.8 Å². The number of methoxy groups -OCH3 is 1. The van der Waals surface area contributed by atoms with Crippen molar-refractivity contribution in [3.05, 3.63) is 94.5 Å². The maximum atomic E-state index is 13.7. The molecule has 0 radical (unpaired) electrons. The van der Waals surface area contributed by atoms with Crippen molar-refractivity contribution in [3.8, 4) is 5.75 Å². The topological polar surface area (TPSA) is 107 Å². The predicted octanol–water partition coefficient (Wildman–Crippen LogP) is 4.13. The summed E-state index contributed by atoms with van der Waals surface area (Å²) in [5, 5.41) is 15.5. The van der Waals surface area contributed by atoms with Gasteiger partial charge in [-0.25, -0.2) is 9.91 Å². The number of hydrazone groups is 1. The number of nitrogens with zero attached hydrogens (tertiary/aromatic N) is 6. The lowest BCUT2D eigenvalue weighted by molar-refractivity contribution is -0.135. The van der Waals surface area contributed by atoms with E-state index >= 15 is 0 Å². The van der Waals surface area contributed by atoms with Crippen LogP contribution in [-0.4, -0.2) is 59.2 Å². The smallest absolute Gasteiger partial charge is 0.264 e. The Balaban J connectivity index is 1.25. The van der Waals surface area contributed by atoms with E-state index in [1.54, 1.807) is 31.4 Å². The van der Waals surface area contributed by atoms with E-state index in [1.165, 1.54) is 10.0 Å². The van der Waals surface area contributed by atoms with Gasteiger partial charge in [-0.1, -0.05) is 63.6 Å². The summed E-state index contributed by atoms with van der Waals surface area (Å²) < 4.78 is 6.11. The summed E-state index contributed by atoms with van der Waals surface area (Å²) in [5.74, 6) is -0.579. The zero-order chi connectivity index (χ0) is 27.1. The second-order valence-electron chi connectivity index (χ2n) is 9.32. The van der Waals surface area contributed by atoms with Crippen molar-refractivity contribution in [2.45, 2.75) is 24.5 Å². The SMILES string of the molecule is COc1ccc(C2CC(c3ccccc3)=NN2C(=O)CN2N=NC3C(=O)N(c4ccc(Br)cc4)C(=O)C32)cc1. The van der Waals surface area contributed by atoms with Gasteiger partial charge in [0.05, 0.1) is 24.6 Å². The molecule has 3 atom stereocenters. The Morgan fingerprint density at radius 3 is 2.38 bits per heavy atom. The third kappa shape index (κ3) is 4.48. The van der Waals surface area contributed by atoms with Crippen LogP contribution in [0.1, 0.15) is 23.6 Å². The first-order chi connectivity index (χ1) is 18.9. The van der Waals surface area contributed by atoms with Gasteiger partial charge in [-0.2, -0.15) is 10.2 Å². The van der Waals surface area contributed by atoms with Crippen LogP contribution in [0, 0.1) is 0 Å². The number of hydrogen-bond acceptors (Lipinski definition) is 8. The molecule has 0 saturated carbocycles. The van der Waals surface area contributed by atoms with E-state index in [1.807, 2.05) is 54.6 Å². The van der Waals surface area contributed by atoms with E-state index in [-0.39, 0.29) is 18.5 Å². The summed E-state index contributed by atoms with van der Waals surface area (Å²) in [4.78, 5) is 41.2. The van der Waals surface area contributed by atoms with E-state index in [0.29, 0.717) is 17.9 Å². The minimum absolute atomic E-state index is 0.254. The molecule has 1 saturated heterocycles. The minimum Gasteiger partial charge on any atom is -0.497 e. The van der Waals surface area contributed by atoms with Crippen LogP contribution in [0.5, 0.6) is 5.75 Å². The first-order valence-corrected chi connectivity index (χ1v) is 13.1. The maximum Gasteiger partial charge on any atom is 0.264 e. The average molecular weight is 587 g/mol. The Labute approximate surface area is 232 Å². The van der Waals surface area contributed by atoms with E-state index in [0.717, 1.165) is 26.2 Å². The van der Waals surface area contributed by atoms with Crippen LogP contribution < -0.4 is 9.64 Å². The second kappa shape index (κ2) is 10.1. The van der Waals surface area contributed by atoms with Gasteiger partial charge in [0.15, 0.2) is 12.1 Å². The maximum absolute atomic E-state index is 13.7. The van der Waals surface area contributed by atoms with Gasteiger partial charge in [0.2, 0.25) is 0 Å². The summed E-state index contributed by atoms with van der Waals surface area (Å²) in [6.07, 6.45) is 0.518. The van der Waals surface area contributed by atoms with Crippen LogP contribution in [0.3, 0.4) is 0 Å². The zero-order valence-electron chi connectivity index (χ0n) is 20.8. The van der Waals surface area contributed by atoms with Crippen LogP contribution >= 0.6 is 15.9 Å². The fourth-order valence-corrected chi connectivity index (χ4v) is 5.30. The first kappa shape index (κ1) is 24.9. The number of hydrogen-bond donors (Lipinski definition) is 0. The van der Waals surface area contributed by atoms with Crippen LogP contribution in [0.25, 0.3) is 0 Å². The van der Waals surface area contributed by atoms with Gasteiger partial charge in [-0.15, -0.1) is 0 Å². The van der Waals surface area contributed by atoms with E-state index in [9.17, 15) is 14.4 Å². The van der Waals surface area contributed by atoms with Crippen molar-refractivity contribution in [3.63, 3.8) is 0 Å². The molecule has 3 aliphatic rings. The van der Waals surface area contributed by atoms with Gasteiger partial charge in [-0.05, 0) is 47.5 Å². The number of carbonyl (C=O) groups excluding carboxylic acids is 3. The molecule has 10 nitrogen and oxygen atoms in total. The molecule has 11 heteroatoms. The molecule has 0 spiro atoms. The summed E-state index contributed by atoms with van der Waals surface area (Å²) in [6, 6.07) is 21.7. The average Bonchev–Trinajstić information content (AvgIpc) is 3.65. The largest absolute Gasteiger partial charge is 0.497 e. The van der Waals surface area contributed by atoms with E-state index in [4.69, 9.17) is 9.84 Å². The molecular formula is C28H23BrN6O4. The van der Waals surface area contributed by atoms with Crippen molar-refractivity contribution in [1.82, 2.24) is 10.0 Å². The molecule has 3 amide bonds. The van der Waals surface area contributed by atoms with Gasteiger partial charge < -0.3 is 4.74 Å². The van der Waals surface area contributed by atoms with Crippen LogP contribution in [0.2, 0.25) is 0 Å². The summed E-state index contributed by atoms with van der Waals surface area (Å²) >= 11 is 3.36. The second-order valence-corrected chi connectivity index (χ2v) is 10.2. The lowest BCUT2D eigenvalue weighted by Crippen LogP contribution is -2.44. The Kier molecular flexibility index (Phi) is 6.43. The van der Waals surface area contributed by atoms with Gasteiger partial charge in [0, 0.05) is 10.9 Å². The Morgan fingerprint density at radius 2 is 1.69 bits per heavy atom. The Bertz CT molecular complexity index is 1490. The third-order valence-electron chi connectivity index (χ3n) is 7.01. The summed E-state index contributed by atoms with van der Waals surface area (Å²) in [6.45, 7) is -0.254. The molecule has 0 N–H and O–H groups in total. The van der Waals surface area contributed by atoms with Crippen molar-refractivity contribution in [2.75, 3.05) is 18.6 Å². The molecule has 6 rings (SSSR count). The lowest BCUT2D eigenvalue weighted by atomic mass is 9.98. The number of anilines is 1. The van der Waals surface area contributed by atoms with Crippen LogP contribution in [-0.2, 0) is 14.4 Å². The lowest BCUT2D eigenvalue weighted by Gasteiger charge is -2.25. The van der Waals surface area contributed by atoms with Gasteiger partial charge in [0.1, 0.15) is 12.3 Å². The summed E-state index contributed by atoms with van der Waals surface area (Å²) in [5.41, 5.74) is 3.04. The van der Waals surface area contributed by atoms with E-state index < -0.39 is 23.9 Å². The monoisotopic (exact) mass is 586 g/mol. The quantitative estimate of drug-likeness (QED) is 0.404. The molecule has 0 bridgehead atoms. The molecule has 0 aliphatic carbocycles. The Morgan fingerprint density at radius 1 is 0.974 bits per heavy atom. The molecule has 3 unspecified atom stereocenters. The molecule has 3 aliphatic heterocycles. The van der Waals surface area contributed by atoms with Gasteiger partial charge in [0.25, 0.3) is 17.7 Å². The third-order valence-corrected chi connectivity index (χ3v) is 7.54. The number of fused-ring (bicyclic) bond motifs is 1. The number of carbonyl (C=O) groups is 3. The molecule has 39 heavy (non-hydrogen) atoms. The molecule has 3 aromatic carbocycles. The standard InChI is InChI=1S/C28H23BrN6O4/c1-39-21-13-7-18(8-14-21)23-15-22(17-5-3-2-4-6-17)31-35(23)24(36)16-33-26-25(30-32-33)27(37)34(28(26)38)20-11-9-19(29)10-12-20/h2-14,23,25-26H,15-16H2,1H3. The number of benzene rings is 3. The number of rotatable bonds is 6. The number of amides is 3. The predicted molar refractivity (Wildman–Crippen MR) is 146 cm³/mol. The van der Waals surface area contributed by atoms with Crippen molar-refractivity contribution in [2.24, 2.45) is 15.4 Å². The highest BCUT2D eigenvalue weighted by atomic mass is 79.9. The number of halogens is 1. The highest BCUT2D eigenvalue weighted by molar-refractivity contribution is 9.10. The van der Waals surface area contributed by atoms with E-state index in [2.05, 4.69) is 26.3 Å². The van der Waals surface area contributed by atoms with Crippen molar-refractivity contribution < 1.29 is 19.1 Å².